The van der Waals surface area contributed by atoms with E-state index in [9.17, 15) is 0 Å². The molecule has 8 heteroatoms. The van der Waals surface area contributed by atoms with E-state index in [0.717, 1.165) is 0 Å². The van der Waals surface area contributed by atoms with Crippen molar-refractivity contribution in [3.8, 4) is 0 Å². The number of hydrogen-bond donors (Lipinski definition) is 4. The fourth-order valence-corrected chi connectivity index (χ4v) is 0.358. The van der Waals surface area contributed by atoms with Gasteiger partial charge in [0, 0.05) is 0 Å². The standard InChI is InChI=1S/C8H18N6.2H2O/c1-7(2,5(9)10)13-14-8(3,4)6(11)12;;/h1-4H3,(H3,9,10)(H3,11,12);2*1H2. The second-order valence-corrected chi connectivity index (χ2v) is 4.15. The zero-order valence-electron chi connectivity index (χ0n) is 10.0. The largest absolute Gasteiger partial charge is 0.412 e. The fourth-order valence-electron chi connectivity index (χ4n) is 0.358. The molecule has 0 unspecified atom stereocenters. The third-order valence-electron chi connectivity index (χ3n) is 1.87. The minimum Gasteiger partial charge on any atom is -0.412 e. The maximum atomic E-state index is 7.25. The highest BCUT2D eigenvalue weighted by Crippen LogP contribution is 2.15. The van der Waals surface area contributed by atoms with Crippen molar-refractivity contribution in [1.29, 1.82) is 10.8 Å². The molecule has 0 amide bonds. The molecule has 10 N–H and O–H groups in total. The van der Waals surface area contributed by atoms with E-state index in [0.29, 0.717) is 0 Å². The molecule has 0 aliphatic rings. The van der Waals surface area contributed by atoms with E-state index in [2.05, 4.69) is 10.2 Å². The van der Waals surface area contributed by atoms with Gasteiger partial charge in [-0.1, -0.05) is 0 Å². The Balaban J connectivity index is -0.000000845. The van der Waals surface area contributed by atoms with Gasteiger partial charge in [0.25, 0.3) is 0 Å². The van der Waals surface area contributed by atoms with Crippen LogP contribution in [-0.4, -0.2) is 33.7 Å². The van der Waals surface area contributed by atoms with Crippen LogP contribution in [0.2, 0.25) is 0 Å². The molecule has 96 valence electrons. The van der Waals surface area contributed by atoms with E-state index in [1.54, 1.807) is 27.7 Å². The predicted octanol–water partition coefficient (Wildman–Crippen LogP) is -0.782. The maximum Gasteiger partial charge on any atom is 0.132 e. The Morgan fingerprint density at radius 3 is 1.12 bits per heavy atom. The van der Waals surface area contributed by atoms with Crippen LogP contribution in [-0.2, 0) is 0 Å². The average molecular weight is 234 g/mol. The fraction of sp³-hybridized carbons (Fsp3) is 0.750. The van der Waals surface area contributed by atoms with Crippen molar-refractivity contribution in [2.24, 2.45) is 21.7 Å². The number of amidine groups is 2. The van der Waals surface area contributed by atoms with Gasteiger partial charge >= 0.3 is 0 Å². The average Bonchev–Trinajstić information content (AvgIpc) is 2.01. The van der Waals surface area contributed by atoms with Crippen molar-refractivity contribution in [2.75, 3.05) is 0 Å². The van der Waals surface area contributed by atoms with Crippen LogP contribution in [0.1, 0.15) is 27.7 Å². The van der Waals surface area contributed by atoms with Crippen molar-refractivity contribution in [1.82, 2.24) is 0 Å². The zero-order chi connectivity index (χ0) is 11.6. The van der Waals surface area contributed by atoms with Crippen molar-refractivity contribution in [3.05, 3.63) is 0 Å². The van der Waals surface area contributed by atoms with Crippen LogP contribution in [0.3, 0.4) is 0 Å². The van der Waals surface area contributed by atoms with E-state index >= 15 is 0 Å². The first kappa shape index (κ1) is 19.9. The Morgan fingerprint density at radius 2 is 1.00 bits per heavy atom. The normalized spacial score (nSPS) is 11.5. The molecule has 0 rings (SSSR count). The first-order valence-corrected chi connectivity index (χ1v) is 4.22. The number of nitrogens with one attached hydrogen (secondary N) is 2. The Morgan fingerprint density at radius 1 is 0.812 bits per heavy atom. The smallest absolute Gasteiger partial charge is 0.132 e. The van der Waals surface area contributed by atoms with Crippen LogP contribution in [0, 0.1) is 10.8 Å². The Labute approximate surface area is 94.8 Å². The molecule has 0 saturated heterocycles. The third-order valence-corrected chi connectivity index (χ3v) is 1.87. The highest BCUT2D eigenvalue weighted by atomic mass is 16.0. The van der Waals surface area contributed by atoms with Gasteiger partial charge in [0.05, 0.1) is 0 Å². The highest BCUT2D eigenvalue weighted by molar-refractivity contribution is 5.87. The summed E-state index contributed by atoms with van der Waals surface area (Å²) in [5, 5.41) is 22.3. The van der Waals surface area contributed by atoms with E-state index in [1.165, 1.54) is 0 Å². The Kier molecular flexibility index (Phi) is 7.65. The highest BCUT2D eigenvalue weighted by Gasteiger charge is 2.25. The van der Waals surface area contributed by atoms with Crippen molar-refractivity contribution in [3.63, 3.8) is 0 Å². The number of nitrogens with zero attached hydrogens (tertiary/aromatic N) is 2. The van der Waals surface area contributed by atoms with Gasteiger partial charge in [-0.2, -0.15) is 10.2 Å². The lowest BCUT2D eigenvalue weighted by Gasteiger charge is -2.20. The molecule has 0 fully saturated rings. The summed E-state index contributed by atoms with van der Waals surface area (Å²) in [5.41, 5.74) is 8.96. The number of azo groups is 1. The zero-order valence-corrected chi connectivity index (χ0v) is 10.0. The molecule has 0 heterocycles. The van der Waals surface area contributed by atoms with Gasteiger partial charge < -0.3 is 22.4 Å². The minimum absolute atomic E-state index is 0. The van der Waals surface area contributed by atoms with Gasteiger partial charge in [-0.15, -0.1) is 0 Å². The van der Waals surface area contributed by atoms with E-state index < -0.39 is 11.1 Å². The SMILES string of the molecule is CC(C)(N=NC(C)(C)C(=N)N)C(=N)N.O.O. The summed E-state index contributed by atoms with van der Waals surface area (Å²) >= 11 is 0. The predicted molar refractivity (Wildman–Crippen MR) is 64.1 cm³/mol. The number of nitrogens with two attached hydrogens (primary N) is 2. The van der Waals surface area contributed by atoms with Crippen molar-refractivity contribution in [2.45, 2.75) is 38.8 Å². The van der Waals surface area contributed by atoms with E-state index in [-0.39, 0.29) is 22.6 Å². The van der Waals surface area contributed by atoms with Gasteiger partial charge in [-0.05, 0) is 27.7 Å². The van der Waals surface area contributed by atoms with Crippen LogP contribution in [0.25, 0.3) is 0 Å². The van der Waals surface area contributed by atoms with Crippen LogP contribution in [0.15, 0.2) is 10.2 Å². The summed E-state index contributed by atoms with van der Waals surface area (Å²) in [6.45, 7) is 6.70. The maximum absolute atomic E-state index is 7.25. The molecule has 0 aliphatic heterocycles. The quantitative estimate of drug-likeness (QED) is 0.282. The van der Waals surface area contributed by atoms with Gasteiger partial charge in [-0.3, -0.25) is 10.8 Å². The second-order valence-electron chi connectivity index (χ2n) is 4.15. The lowest BCUT2D eigenvalue weighted by atomic mass is 10.1. The molecule has 0 atom stereocenters. The summed E-state index contributed by atoms with van der Waals surface area (Å²) in [6, 6.07) is 0. The molecule has 0 radical (unpaired) electrons. The molecule has 0 saturated carbocycles. The first-order chi connectivity index (χ1) is 6.09. The summed E-state index contributed by atoms with van der Waals surface area (Å²) < 4.78 is 0. The monoisotopic (exact) mass is 234 g/mol. The Bertz CT molecular complexity index is 256. The molecule has 8 nitrogen and oxygen atoms in total. The van der Waals surface area contributed by atoms with Crippen molar-refractivity contribution >= 4 is 11.7 Å². The molecule has 0 aromatic heterocycles. The van der Waals surface area contributed by atoms with Crippen LogP contribution in [0.5, 0.6) is 0 Å². The van der Waals surface area contributed by atoms with Gasteiger partial charge in [0.2, 0.25) is 0 Å². The molecular weight excluding hydrogens is 212 g/mol. The van der Waals surface area contributed by atoms with Gasteiger partial charge in [0.15, 0.2) is 0 Å². The molecule has 0 aliphatic carbocycles. The summed E-state index contributed by atoms with van der Waals surface area (Å²) in [6.07, 6.45) is 0. The minimum atomic E-state index is -0.841. The van der Waals surface area contributed by atoms with Crippen LogP contribution < -0.4 is 11.5 Å². The third kappa shape index (κ3) is 5.37. The molecule has 16 heavy (non-hydrogen) atoms. The van der Waals surface area contributed by atoms with Gasteiger partial charge in [-0.25, -0.2) is 0 Å². The summed E-state index contributed by atoms with van der Waals surface area (Å²) in [5.74, 6) is -0.138. The van der Waals surface area contributed by atoms with Crippen LogP contribution >= 0.6 is 0 Å². The van der Waals surface area contributed by atoms with Gasteiger partial charge in [0.1, 0.15) is 22.7 Å². The first-order valence-electron chi connectivity index (χ1n) is 4.22. The number of hydrogen-bond acceptors (Lipinski definition) is 4. The van der Waals surface area contributed by atoms with E-state index in [1.807, 2.05) is 0 Å². The molecule has 0 aromatic carbocycles. The molecule has 0 aromatic rings. The summed E-state index contributed by atoms with van der Waals surface area (Å²) in [7, 11) is 0. The molecule has 0 spiro atoms. The summed E-state index contributed by atoms with van der Waals surface area (Å²) in [4.78, 5) is 0. The molecular formula is C8H22N6O2. The second kappa shape index (κ2) is 6.13. The molecule has 0 bridgehead atoms. The van der Waals surface area contributed by atoms with Crippen LogP contribution in [0.4, 0.5) is 0 Å². The lowest BCUT2D eigenvalue weighted by molar-refractivity contribution is 0.557. The lowest BCUT2D eigenvalue weighted by Crippen LogP contribution is -2.38. The van der Waals surface area contributed by atoms with Crippen molar-refractivity contribution < 1.29 is 11.0 Å². The topological polar surface area (TPSA) is 187 Å². The Hall–Kier alpha value is -1.54. The number of rotatable bonds is 4. The van der Waals surface area contributed by atoms with E-state index in [4.69, 9.17) is 22.3 Å².